The van der Waals surface area contributed by atoms with Crippen molar-refractivity contribution in [1.29, 1.82) is 5.26 Å². The number of anilines is 1. The van der Waals surface area contributed by atoms with Crippen LogP contribution in [0.15, 0.2) is 30.3 Å². The Kier molecular flexibility index (Phi) is 6.45. The van der Waals surface area contributed by atoms with Gasteiger partial charge in [0.25, 0.3) is 0 Å². The van der Waals surface area contributed by atoms with Crippen molar-refractivity contribution in [2.24, 2.45) is 0 Å². The van der Waals surface area contributed by atoms with E-state index in [1.54, 1.807) is 12.1 Å². The minimum absolute atomic E-state index is 0.00591. The second-order valence-corrected chi connectivity index (χ2v) is 7.75. The third-order valence-corrected chi connectivity index (χ3v) is 5.65. The van der Waals surface area contributed by atoms with Crippen LogP contribution in [0.4, 0.5) is 19.0 Å². The number of alkyl halides is 3. The van der Waals surface area contributed by atoms with Crippen molar-refractivity contribution in [1.82, 2.24) is 4.98 Å². The molecule has 0 N–H and O–H groups in total. The molecule has 0 aliphatic carbocycles. The lowest BCUT2D eigenvalue weighted by Gasteiger charge is -2.22. The molecule has 2 heterocycles. The molecule has 7 heteroatoms. The van der Waals surface area contributed by atoms with Crippen LogP contribution in [0.1, 0.15) is 60.1 Å². The molecular formula is C23H24F3N3O. The Bertz CT molecular complexity index is 973. The molecule has 1 aromatic carbocycles. The largest absolute Gasteiger partial charge is 0.433 e. The number of carbonyl (C=O) groups is 1. The van der Waals surface area contributed by atoms with Gasteiger partial charge >= 0.3 is 6.18 Å². The fraction of sp³-hybridized carbons (Fsp3) is 0.435. The second-order valence-electron chi connectivity index (χ2n) is 7.75. The van der Waals surface area contributed by atoms with Gasteiger partial charge in [0.05, 0.1) is 11.6 Å². The Morgan fingerprint density at radius 1 is 1.23 bits per heavy atom. The molecule has 1 atom stereocenters. The van der Waals surface area contributed by atoms with E-state index < -0.39 is 11.9 Å². The topological polar surface area (TPSA) is 57.0 Å². The van der Waals surface area contributed by atoms with Gasteiger partial charge < -0.3 is 4.90 Å². The molecule has 1 saturated heterocycles. The van der Waals surface area contributed by atoms with Crippen molar-refractivity contribution in [3.05, 3.63) is 58.3 Å². The van der Waals surface area contributed by atoms with Crippen molar-refractivity contribution in [2.45, 2.75) is 51.6 Å². The zero-order chi connectivity index (χ0) is 21.9. The number of Topliss-reactive ketones (excluding diaryl/α,β-unsaturated/α-hetero) is 1. The van der Waals surface area contributed by atoms with E-state index in [1.807, 2.05) is 24.8 Å². The Hall–Kier alpha value is -2.88. The number of rotatable bonds is 6. The van der Waals surface area contributed by atoms with Crippen LogP contribution in [0.2, 0.25) is 0 Å². The zero-order valence-electron chi connectivity index (χ0n) is 17.1. The van der Waals surface area contributed by atoms with Gasteiger partial charge in [-0.3, -0.25) is 4.79 Å². The molecule has 0 radical (unpaired) electrons. The molecule has 1 aliphatic heterocycles. The lowest BCUT2D eigenvalue weighted by atomic mass is 9.91. The first-order valence-electron chi connectivity index (χ1n) is 10.1. The van der Waals surface area contributed by atoms with Gasteiger partial charge in [0.1, 0.15) is 17.3 Å². The van der Waals surface area contributed by atoms with Gasteiger partial charge in [-0.05, 0) is 55.0 Å². The maximum Gasteiger partial charge on any atom is 0.433 e. The van der Waals surface area contributed by atoms with Crippen LogP contribution < -0.4 is 4.90 Å². The molecule has 0 saturated carbocycles. The third kappa shape index (κ3) is 4.81. The van der Waals surface area contributed by atoms with Gasteiger partial charge in [-0.2, -0.15) is 18.4 Å². The summed E-state index contributed by atoms with van der Waals surface area (Å²) in [6.07, 6.45) is -2.09. The predicted molar refractivity (Wildman–Crippen MR) is 108 cm³/mol. The van der Waals surface area contributed by atoms with Gasteiger partial charge in [-0.1, -0.05) is 25.1 Å². The smallest absolute Gasteiger partial charge is 0.356 e. The zero-order valence-corrected chi connectivity index (χ0v) is 17.1. The lowest BCUT2D eigenvalue weighted by molar-refractivity contribution is -0.141. The maximum absolute atomic E-state index is 13.1. The molecule has 0 bridgehead atoms. The first kappa shape index (κ1) is 21.8. The summed E-state index contributed by atoms with van der Waals surface area (Å²) in [7, 11) is 0. The van der Waals surface area contributed by atoms with E-state index in [2.05, 4.69) is 11.1 Å². The number of aryl methyl sites for hydroxylation is 2. The highest BCUT2D eigenvalue weighted by molar-refractivity contribution is 5.85. The lowest BCUT2D eigenvalue weighted by Crippen LogP contribution is -2.23. The van der Waals surface area contributed by atoms with Gasteiger partial charge in [-0.15, -0.1) is 0 Å². The number of pyridine rings is 1. The first-order chi connectivity index (χ1) is 14.2. The van der Waals surface area contributed by atoms with Crippen LogP contribution in [-0.4, -0.2) is 23.9 Å². The van der Waals surface area contributed by atoms with E-state index >= 15 is 0 Å². The van der Waals surface area contributed by atoms with Crippen LogP contribution in [-0.2, 0) is 17.4 Å². The number of halogens is 3. The summed E-state index contributed by atoms with van der Waals surface area (Å²) in [4.78, 5) is 18.5. The van der Waals surface area contributed by atoms with Gasteiger partial charge in [-0.25, -0.2) is 4.98 Å². The van der Waals surface area contributed by atoms with E-state index in [9.17, 15) is 18.0 Å². The number of nitriles is 1. The summed E-state index contributed by atoms with van der Waals surface area (Å²) in [5.74, 6) is -0.00235. The molecule has 1 aliphatic rings. The molecule has 4 nitrogen and oxygen atoms in total. The number of hydrogen-bond donors (Lipinski definition) is 0. The number of nitrogens with zero attached hydrogens (tertiary/aromatic N) is 3. The number of aromatic nitrogens is 1. The van der Waals surface area contributed by atoms with Crippen molar-refractivity contribution >= 4 is 11.6 Å². The molecule has 30 heavy (non-hydrogen) atoms. The quantitative estimate of drug-likeness (QED) is 0.652. The molecule has 3 rings (SSSR count). The molecule has 2 aromatic rings. The SMILES string of the molecule is Cc1cc(C(C)C(=O)CCc2ccc(C(F)(F)F)nc2N2CCCC2)ccc1C#N. The molecule has 0 amide bonds. The monoisotopic (exact) mass is 415 g/mol. The summed E-state index contributed by atoms with van der Waals surface area (Å²) in [6, 6.07) is 9.89. The molecule has 1 unspecified atom stereocenters. The van der Waals surface area contributed by atoms with Gasteiger partial charge in [0, 0.05) is 25.4 Å². The van der Waals surface area contributed by atoms with E-state index in [0.29, 0.717) is 36.5 Å². The van der Waals surface area contributed by atoms with E-state index in [1.165, 1.54) is 6.07 Å². The van der Waals surface area contributed by atoms with Gasteiger partial charge in [0.2, 0.25) is 0 Å². The molecule has 158 valence electrons. The average Bonchev–Trinajstić information content (AvgIpc) is 3.25. The highest BCUT2D eigenvalue weighted by Crippen LogP contribution is 2.32. The molecule has 1 fully saturated rings. The Balaban J connectivity index is 1.76. The maximum atomic E-state index is 13.1. The third-order valence-electron chi connectivity index (χ3n) is 5.65. The van der Waals surface area contributed by atoms with E-state index in [4.69, 9.17) is 5.26 Å². The summed E-state index contributed by atoms with van der Waals surface area (Å²) in [5, 5.41) is 9.06. The van der Waals surface area contributed by atoms with Crippen LogP contribution in [0.25, 0.3) is 0 Å². The highest BCUT2D eigenvalue weighted by Gasteiger charge is 2.34. The summed E-state index contributed by atoms with van der Waals surface area (Å²) in [5.41, 5.74) is 1.99. The minimum Gasteiger partial charge on any atom is -0.356 e. The average molecular weight is 415 g/mol. The van der Waals surface area contributed by atoms with Crippen LogP contribution in [0.5, 0.6) is 0 Å². The van der Waals surface area contributed by atoms with Crippen molar-refractivity contribution in [2.75, 3.05) is 18.0 Å². The summed E-state index contributed by atoms with van der Waals surface area (Å²) >= 11 is 0. The Morgan fingerprint density at radius 2 is 1.93 bits per heavy atom. The molecule has 1 aromatic heterocycles. The Morgan fingerprint density at radius 3 is 2.53 bits per heavy atom. The number of hydrogen-bond acceptors (Lipinski definition) is 4. The second kappa shape index (κ2) is 8.86. The predicted octanol–water partition coefficient (Wildman–Crippen LogP) is 5.19. The fourth-order valence-electron chi connectivity index (χ4n) is 3.77. The summed E-state index contributed by atoms with van der Waals surface area (Å²) < 4.78 is 39.4. The van der Waals surface area contributed by atoms with Crippen LogP contribution in [0, 0.1) is 18.3 Å². The fourth-order valence-corrected chi connectivity index (χ4v) is 3.77. The Labute approximate surface area is 174 Å². The molecule has 0 spiro atoms. The number of carbonyl (C=O) groups excluding carboxylic acids is 1. The van der Waals surface area contributed by atoms with Crippen molar-refractivity contribution in [3.63, 3.8) is 0 Å². The summed E-state index contributed by atoms with van der Waals surface area (Å²) in [6.45, 7) is 5.00. The number of ketones is 1. The van der Waals surface area contributed by atoms with E-state index in [-0.39, 0.29) is 18.1 Å². The minimum atomic E-state index is -4.50. The van der Waals surface area contributed by atoms with Crippen molar-refractivity contribution in [3.8, 4) is 6.07 Å². The van der Waals surface area contributed by atoms with Crippen LogP contribution in [0.3, 0.4) is 0 Å². The normalized spacial score (nSPS) is 15.1. The van der Waals surface area contributed by atoms with Crippen LogP contribution >= 0.6 is 0 Å². The highest BCUT2D eigenvalue weighted by atomic mass is 19.4. The standard InChI is InChI=1S/C23H24F3N3O/c1-15-13-18(5-6-19(15)14-27)16(2)20(30)9-7-17-8-10-21(23(24,25)26)28-22(17)29-11-3-4-12-29/h5-6,8,10,13,16H,3-4,7,9,11-12H2,1-2H3. The van der Waals surface area contributed by atoms with E-state index in [0.717, 1.165) is 30.0 Å². The first-order valence-corrected chi connectivity index (χ1v) is 10.1. The van der Waals surface area contributed by atoms with Gasteiger partial charge in [0.15, 0.2) is 0 Å². The molecular weight excluding hydrogens is 391 g/mol. The number of benzene rings is 1. The van der Waals surface area contributed by atoms with Crippen molar-refractivity contribution < 1.29 is 18.0 Å².